The van der Waals surface area contributed by atoms with Crippen molar-refractivity contribution >= 4 is 39.7 Å². The minimum atomic E-state index is -0.837. The van der Waals surface area contributed by atoms with Crippen molar-refractivity contribution in [3.05, 3.63) is 94.2 Å². The Labute approximate surface area is 249 Å². The first-order valence-corrected chi connectivity index (χ1v) is 14.6. The van der Waals surface area contributed by atoms with Crippen molar-refractivity contribution in [3.63, 3.8) is 0 Å². The first-order chi connectivity index (χ1) is 19.8. The number of aromatic nitrogens is 1. The van der Waals surface area contributed by atoms with E-state index in [1.54, 1.807) is 13.0 Å². The van der Waals surface area contributed by atoms with Gasteiger partial charge in [0.15, 0.2) is 18.6 Å². The van der Waals surface area contributed by atoms with Crippen LogP contribution in [-0.4, -0.2) is 37.5 Å². The quantitative estimate of drug-likeness (QED) is 0.120. The van der Waals surface area contributed by atoms with E-state index in [9.17, 15) is 14.4 Å². The van der Waals surface area contributed by atoms with Crippen LogP contribution in [0.1, 0.15) is 54.6 Å². The van der Waals surface area contributed by atoms with Gasteiger partial charge in [-0.15, -0.1) is 0 Å². The molecule has 0 bridgehead atoms. The minimum Gasteiger partial charge on any atom is -0.449 e. The number of carbonyl (C=O) groups is 3. The second kappa shape index (κ2) is 17.0. The van der Waals surface area contributed by atoms with Gasteiger partial charge in [-0.25, -0.2) is 14.2 Å². The number of pyridine rings is 1. The molecule has 0 fully saturated rings. The van der Waals surface area contributed by atoms with E-state index in [0.717, 1.165) is 42.3 Å². The molecule has 0 aliphatic carbocycles. The van der Waals surface area contributed by atoms with Gasteiger partial charge in [0, 0.05) is 25.1 Å². The van der Waals surface area contributed by atoms with Crippen LogP contribution in [0.3, 0.4) is 0 Å². The summed E-state index contributed by atoms with van der Waals surface area (Å²) >= 11 is 3.46. The monoisotopic (exact) mass is 625 g/mol. The topological polar surface area (TPSA) is 110 Å². The smallest absolute Gasteiger partial charge is 0.409 e. The van der Waals surface area contributed by atoms with Crippen LogP contribution >= 0.6 is 15.9 Å². The fourth-order valence-electron chi connectivity index (χ4n) is 4.06. The summed E-state index contributed by atoms with van der Waals surface area (Å²) in [5.74, 6) is -0.197. The van der Waals surface area contributed by atoms with Gasteiger partial charge in [-0.1, -0.05) is 49.4 Å². The Hall–Kier alpha value is -3.92. The Morgan fingerprint density at radius 1 is 0.927 bits per heavy atom. The van der Waals surface area contributed by atoms with E-state index in [1.807, 2.05) is 59.4 Å². The maximum absolute atomic E-state index is 12.7. The number of aryl methyl sites for hydroxylation is 2. The molecule has 0 radical (unpaired) electrons. The van der Waals surface area contributed by atoms with Crippen LogP contribution in [-0.2, 0) is 28.9 Å². The van der Waals surface area contributed by atoms with E-state index >= 15 is 0 Å². The predicted molar refractivity (Wildman–Crippen MR) is 161 cm³/mol. The van der Waals surface area contributed by atoms with Gasteiger partial charge in [-0.3, -0.25) is 10.1 Å². The number of hydrogen-bond acceptors (Lipinski definition) is 5. The second-order valence-corrected chi connectivity index (χ2v) is 10.5. The Bertz CT molecular complexity index is 1270. The SMILES string of the molecule is CCC[n+]1cc(Br)cc(C(=O)Nc2ccc(CCOC(=O)NC(C)OC(=O)NCCCCc3ccccc3)cc2)c1. The average Bonchev–Trinajstić information content (AvgIpc) is 2.94. The zero-order valence-electron chi connectivity index (χ0n) is 23.5. The lowest BCUT2D eigenvalue weighted by atomic mass is 10.1. The van der Waals surface area contributed by atoms with Crippen LogP contribution in [0.4, 0.5) is 15.3 Å². The average molecular weight is 627 g/mol. The van der Waals surface area contributed by atoms with Gasteiger partial charge in [-0.2, -0.15) is 0 Å². The van der Waals surface area contributed by atoms with Crippen molar-refractivity contribution in [3.8, 4) is 0 Å². The lowest BCUT2D eigenvalue weighted by molar-refractivity contribution is -0.697. The summed E-state index contributed by atoms with van der Waals surface area (Å²) in [5.41, 5.74) is 3.44. The molecule has 1 atom stereocenters. The highest BCUT2D eigenvalue weighted by Gasteiger charge is 2.14. The summed E-state index contributed by atoms with van der Waals surface area (Å²) in [6, 6.07) is 19.3. The molecule has 1 unspecified atom stereocenters. The Kier molecular flexibility index (Phi) is 13.1. The van der Waals surface area contributed by atoms with Crippen molar-refractivity contribution < 1.29 is 28.4 Å². The number of rotatable bonds is 14. The third kappa shape index (κ3) is 12.0. The molecule has 10 heteroatoms. The normalized spacial score (nSPS) is 11.3. The maximum Gasteiger partial charge on any atom is 0.409 e. The predicted octanol–water partition coefficient (Wildman–Crippen LogP) is 5.76. The van der Waals surface area contributed by atoms with Gasteiger partial charge >= 0.3 is 12.2 Å². The number of anilines is 1. The summed E-state index contributed by atoms with van der Waals surface area (Å²) < 4.78 is 13.2. The summed E-state index contributed by atoms with van der Waals surface area (Å²) in [5, 5.41) is 8.08. The Morgan fingerprint density at radius 3 is 2.39 bits per heavy atom. The number of unbranched alkanes of at least 4 members (excludes halogenated alkanes) is 1. The third-order valence-electron chi connectivity index (χ3n) is 6.08. The second-order valence-electron chi connectivity index (χ2n) is 9.58. The number of ether oxygens (including phenoxy) is 2. The number of benzene rings is 2. The molecule has 3 N–H and O–H groups in total. The largest absolute Gasteiger partial charge is 0.449 e. The molecular weight excluding hydrogens is 588 g/mol. The lowest BCUT2D eigenvalue weighted by Crippen LogP contribution is -2.39. The van der Waals surface area contributed by atoms with E-state index in [-0.39, 0.29) is 12.5 Å². The van der Waals surface area contributed by atoms with Gasteiger partial charge in [0.1, 0.15) is 12.1 Å². The molecule has 0 aliphatic heterocycles. The van der Waals surface area contributed by atoms with E-state index in [0.29, 0.717) is 24.2 Å². The van der Waals surface area contributed by atoms with E-state index < -0.39 is 18.4 Å². The molecule has 0 spiro atoms. The van der Waals surface area contributed by atoms with Crippen molar-refractivity contribution in [2.45, 2.75) is 58.7 Å². The fraction of sp³-hybridized carbons (Fsp3) is 0.355. The van der Waals surface area contributed by atoms with E-state index in [4.69, 9.17) is 9.47 Å². The highest BCUT2D eigenvalue weighted by atomic mass is 79.9. The number of hydrogen-bond donors (Lipinski definition) is 3. The molecule has 1 aromatic heterocycles. The van der Waals surface area contributed by atoms with Crippen LogP contribution in [0.5, 0.6) is 0 Å². The van der Waals surface area contributed by atoms with Gasteiger partial charge < -0.3 is 20.1 Å². The number of halogens is 1. The van der Waals surface area contributed by atoms with Crippen LogP contribution in [0.2, 0.25) is 0 Å². The molecule has 1 heterocycles. The Balaban J connectivity index is 1.30. The summed E-state index contributed by atoms with van der Waals surface area (Å²) in [6.45, 7) is 5.10. The van der Waals surface area contributed by atoms with Gasteiger partial charge in [0.05, 0.1) is 11.1 Å². The van der Waals surface area contributed by atoms with Gasteiger partial charge in [-0.05, 0) is 71.4 Å². The van der Waals surface area contributed by atoms with E-state index in [1.165, 1.54) is 5.56 Å². The standard InChI is InChI=1S/C31H37BrN4O5/c1-3-18-36-21-26(20-27(32)22-36)29(37)35-28-14-12-25(13-15-28)16-19-40-31(39)34-23(2)41-30(38)33-17-8-7-11-24-9-5-4-6-10-24/h4-6,9-10,12-15,20-23H,3,7-8,11,16-19H2,1-2H3,(H2-,33,34,35,37,38,39)/p+1. The maximum atomic E-state index is 12.7. The van der Waals surface area contributed by atoms with Crippen LogP contribution < -0.4 is 20.5 Å². The number of amides is 3. The first kappa shape index (κ1) is 31.6. The zero-order chi connectivity index (χ0) is 29.5. The number of alkyl carbamates (subject to hydrolysis) is 2. The molecule has 0 saturated carbocycles. The van der Waals surface area contributed by atoms with Gasteiger partial charge in [0.25, 0.3) is 5.91 Å². The Morgan fingerprint density at radius 2 is 1.66 bits per heavy atom. The molecule has 218 valence electrons. The van der Waals surface area contributed by atoms with Crippen LogP contribution in [0, 0.1) is 0 Å². The highest BCUT2D eigenvalue weighted by molar-refractivity contribution is 9.10. The van der Waals surface area contributed by atoms with Crippen LogP contribution in [0.15, 0.2) is 77.5 Å². The van der Waals surface area contributed by atoms with Crippen molar-refractivity contribution in [1.82, 2.24) is 10.6 Å². The summed E-state index contributed by atoms with van der Waals surface area (Å²) in [7, 11) is 0. The van der Waals surface area contributed by atoms with Crippen molar-refractivity contribution in [1.29, 1.82) is 0 Å². The third-order valence-corrected chi connectivity index (χ3v) is 6.51. The fourth-order valence-corrected chi connectivity index (χ4v) is 4.57. The molecule has 0 saturated heterocycles. The molecule has 41 heavy (non-hydrogen) atoms. The molecule has 2 aromatic carbocycles. The van der Waals surface area contributed by atoms with Crippen LogP contribution in [0.25, 0.3) is 0 Å². The molecule has 3 amide bonds. The minimum absolute atomic E-state index is 0.146. The molecule has 3 aromatic rings. The number of carbonyl (C=O) groups excluding carboxylic acids is 3. The number of nitrogens with zero attached hydrogens (tertiary/aromatic N) is 1. The highest BCUT2D eigenvalue weighted by Crippen LogP contribution is 2.14. The molecule has 3 rings (SSSR count). The molecular formula is C31H38BrN4O5+. The number of nitrogens with one attached hydrogen (secondary N) is 3. The molecule has 0 aliphatic rings. The summed E-state index contributed by atoms with van der Waals surface area (Å²) in [4.78, 5) is 36.7. The first-order valence-electron chi connectivity index (χ1n) is 13.8. The van der Waals surface area contributed by atoms with Crippen molar-refractivity contribution in [2.75, 3.05) is 18.5 Å². The summed E-state index contributed by atoms with van der Waals surface area (Å²) in [6.07, 6.45) is 5.85. The van der Waals surface area contributed by atoms with E-state index in [2.05, 4.69) is 50.9 Å². The lowest BCUT2D eigenvalue weighted by Gasteiger charge is -2.15. The van der Waals surface area contributed by atoms with Gasteiger partial charge in [0.2, 0.25) is 0 Å². The zero-order valence-corrected chi connectivity index (χ0v) is 25.1. The van der Waals surface area contributed by atoms with Crippen molar-refractivity contribution in [2.24, 2.45) is 0 Å². The molecule has 9 nitrogen and oxygen atoms in total.